The van der Waals surface area contributed by atoms with Gasteiger partial charge in [0, 0.05) is 6.08 Å². The summed E-state index contributed by atoms with van der Waals surface area (Å²) < 4.78 is 0. The first-order valence-corrected chi connectivity index (χ1v) is 2.75. The molecule has 0 aromatic heterocycles. The van der Waals surface area contributed by atoms with E-state index in [-0.39, 0.29) is 5.57 Å². The Morgan fingerprint density at radius 1 is 1.50 bits per heavy atom. The second-order valence-electron chi connectivity index (χ2n) is 2.36. The number of nitrogens with zero attached hydrogens (tertiary/aromatic N) is 2. The van der Waals surface area contributed by atoms with Gasteiger partial charge in [0.25, 0.3) is 0 Å². The highest BCUT2D eigenvalue weighted by Crippen LogP contribution is 2.12. The molecule has 0 aliphatic carbocycles. The molecule has 0 aliphatic heterocycles. The van der Waals surface area contributed by atoms with Gasteiger partial charge >= 0.3 is 0 Å². The van der Waals surface area contributed by atoms with Gasteiger partial charge in [0.15, 0.2) is 0 Å². The molecule has 0 saturated heterocycles. The van der Waals surface area contributed by atoms with Gasteiger partial charge in [0.2, 0.25) is 0 Å². The molecule has 0 heterocycles. The molecule has 1 N–H and O–H groups in total. The minimum absolute atomic E-state index is 0.0787. The summed E-state index contributed by atoms with van der Waals surface area (Å²) in [5.41, 5.74) is -1.13. The number of hydrogen-bond donors (Lipinski definition) is 1. The molecule has 0 fully saturated rings. The quantitative estimate of drug-likeness (QED) is 0.540. The molecule has 0 atom stereocenters. The summed E-state index contributed by atoms with van der Waals surface area (Å²) in [4.78, 5) is 0. The van der Waals surface area contributed by atoms with Crippen molar-refractivity contribution in [2.24, 2.45) is 0 Å². The van der Waals surface area contributed by atoms with E-state index in [0.717, 1.165) is 6.08 Å². The molecule has 3 nitrogen and oxygen atoms in total. The van der Waals surface area contributed by atoms with Gasteiger partial charge in [-0.15, -0.1) is 0 Å². The van der Waals surface area contributed by atoms with Gasteiger partial charge < -0.3 is 5.11 Å². The summed E-state index contributed by atoms with van der Waals surface area (Å²) in [5.74, 6) is 0. The SMILES string of the molecule is CC(C)(O)C(C#N)=CC#N. The summed E-state index contributed by atoms with van der Waals surface area (Å²) in [6.07, 6.45) is 1.04. The topological polar surface area (TPSA) is 67.8 Å². The molecule has 0 aliphatic rings. The first-order chi connectivity index (χ1) is 4.52. The Balaban J connectivity index is 4.62. The largest absolute Gasteiger partial charge is 0.385 e. The average Bonchev–Trinajstić information content (AvgIpc) is 1.80. The van der Waals surface area contributed by atoms with Crippen LogP contribution in [-0.4, -0.2) is 10.7 Å². The molecule has 0 amide bonds. The maximum Gasteiger partial charge on any atom is 0.0985 e. The number of allylic oxidation sites excluding steroid dienone is 1. The van der Waals surface area contributed by atoms with Crippen LogP contribution in [0, 0.1) is 22.7 Å². The molecule has 0 unspecified atom stereocenters. The average molecular weight is 136 g/mol. The highest BCUT2D eigenvalue weighted by atomic mass is 16.3. The Kier molecular flexibility index (Phi) is 2.61. The second kappa shape index (κ2) is 3.00. The van der Waals surface area contributed by atoms with E-state index in [9.17, 15) is 0 Å². The van der Waals surface area contributed by atoms with Crippen LogP contribution in [0.3, 0.4) is 0 Å². The predicted molar refractivity (Wildman–Crippen MR) is 35.6 cm³/mol. The fraction of sp³-hybridized carbons (Fsp3) is 0.429. The maximum atomic E-state index is 9.17. The van der Waals surface area contributed by atoms with E-state index in [1.54, 1.807) is 12.1 Å². The van der Waals surface area contributed by atoms with Crippen molar-refractivity contribution in [3.05, 3.63) is 11.6 Å². The van der Waals surface area contributed by atoms with E-state index in [0.29, 0.717) is 0 Å². The third kappa shape index (κ3) is 2.30. The van der Waals surface area contributed by atoms with Crippen LogP contribution in [0.5, 0.6) is 0 Å². The standard InChI is InChI=1S/C7H8N2O/c1-7(2,10)6(5-9)3-4-8/h3,10H,1-2H3. The van der Waals surface area contributed by atoms with E-state index in [1.807, 2.05) is 0 Å². The molecule has 10 heavy (non-hydrogen) atoms. The number of aliphatic hydroxyl groups is 1. The summed E-state index contributed by atoms with van der Waals surface area (Å²) in [5, 5.41) is 25.7. The van der Waals surface area contributed by atoms with E-state index < -0.39 is 5.60 Å². The highest BCUT2D eigenvalue weighted by molar-refractivity contribution is 5.33. The minimum Gasteiger partial charge on any atom is -0.385 e. The normalized spacial score (nSPS) is 11.9. The molecule has 0 spiro atoms. The number of nitriles is 2. The Bertz CT molecular complexity index is 221. The monoisotopic (exact) mass is 136 g/mol. The highest BCUT2D eigenvalue weighted by Gasteiger charge is 2.18. The van der Waals surface area contributed by atoms with Gasteiger partial charge in [-0.3, -0.25) is 0 Å². The van der Waals surface area contributed by atoms with Crippen molar-refractivity contribution in [3.8, 4) is 12.1 Å². The van der Waals surface area contributed by atoms with Crippen LogP contribution in [0.1, 0.15) is 13.8 Å². The van der Waals surface area contributed by atoms with Gasteiger partial charge in [0.1, 0.15) is 0 Å². The molecule has 0 aromatic rings. The lowest BCUT2D eigenvalue weighted by Gasteiger charge is -2.13. The molecular formula is C7H8N2O. The fourth-order valence-electron chi connectivity index (χ4n) is 0.410. The summed E-state index contributed by atoms with van der Waals surface area (Å²) in [7, 11) is 0. The molecule has 0 rings (SSSR count). The van der Waals surface area contributed by atoms with E-state index in [4.69, 9.17) is 15.6 Å². The summed E-state index contributed by atoms with van der Waals surface area (Å²) in [6, 6.07) is 3.41. The second-order valence-corrected chi connectivity index (χ2v) is 2.36. The molecule has 0 aromatic carbocycles. The molecule has 0 bridgehead atoms. The van der Waals surface area contributed by atoms with Gasteiger partial charge in [-0.05, 0) is 13.8 Å². The van der Waals surface area contributed by atoms with Crippen LogP contribution in [0.4, 0.5) is 0 Å². The number of rotatable bonds is 1. The zero-order chi connectivity index (χ0) is 8.20. The zero-order valence-corrected chi connectivity index (χ0v) is 5.92. The van der Waals surface area contributed by atoms with Crippen molar-refractivity contribution in [1.82, 2.24) is 0 Å². The van der Waals surface area contributed by atoms with E-state index >= 15 is 0 Å². The van der Waals surface area contributed by atoms with Gasteiger partial charge in [-0.2, -0.15) is 10.5 Å². The van der Waals surface area contributed by atoms with E-state index in [1.165, 1.54) is 13.8 Å². The van der Waals surface area contributed by atoms with Gasteiger partial charge in [-0.1, -0.05) is 0 Å². The first kappa shape index (κ1) is 8.68. The molecule has 0 saturated carbocycles. The summed E-state index contributed by atoms with van der Waals surface area (Å²) >= 11 is 0. The Morgan fingerprint density at radius 2 is 2.00 bits per heavy atom. The lowest BCUT2D eigenvalue weighted by molar-refractivity contribution is 0.125. The van der Waals surface area contributed by atoms with Crippen molar-refractivity contribution in [1.29, 1.82) is 10.5 Å². The van der Waals surface area contributed by atoms with Crippen LogP contribution < -0.4 is 0 Å². The third-order valence-electron chi connectivity index (χ3n) is 0.988. The van der Waals surface area contributed by atoms with Crippen molar-refractivity contribution >= 4 is 0 Å². The van der Waals surface area contributed by atoms with Crippen LogP contribution in [0.15, 0.2) is 11.6 Å². The maximum absolute atomic E-state index is 9.17. The predicted octanol–water partition coefficient (Wildman–Crippen LogP) is 0.731. The van der Waals surface area contributed by atoms with Crippen LogP contribution in [-0.2, 0) is 0 Å². The zero-order valence-electron chi connectivity index (χ0n) is 5.92. The van der Waals surface area contributed by atoms with Crippen molar-refractivity contribution in [2.45, 2.75) is 19.4 Å². The lowest BCUT2D eigenvalue weighted by atomic mass is 10.00. The first-order valence-electron chi connectivity index (χ1n) is 2.75. The van der Waals surface area contributed by atoms with Crippen molar-refractivity contribution in [2.75, 3.05) is 0 Å². The molecular weight excluding hydrogens is 128 g/mol. The summed E-state index contributed by atoms with van der Waals surface area (Å²) in [6.45, 7) is 2.92. The fourth-order valence-corrected chi connectivity index (χ4v) is 0.410. The van der Waals surface area contributed by atoms with Crippen molar-refractivity contribution in [3.63, 3.8) is 0 Å². The van der Waals surface area contributed by atoms with E-state index in [2.05, 4.69) is 0 Å². The van der Waals surface area contributed by atoms with Gasteiger partial charge in [0.05, 0.1) is 23.3 Å². The van der Waals surface area contributed by atoms with Gasteiger partial charge in [-0.25, -0.2) is 0 Å². The minimum atomic E-state index is -1.20. The molecule has 52 valence electrons. The molecule has 3 heteroatoms. The van der Waals surface area contributed by atoms with Crippen LogP contribution >= 0.6 is 0 Å². The van der Waals surface area contributed by atoms with Crippen LogP contribution in [0.2, 0.25) is 0 Å². The third-order valence-corrected chi connectivity index (χ3v) is 0.988. The lowest BCUT2D eigenvalue weighted by Crippen LogP contribution is -2.20. The number of hydrogen-bond acceptors (Lipinski definition) is 3. The van der Waals surface area contributed by atoms with Crippen LogP contribution in [0.25, 0.3) is 0 Å². The Labute approximate surface area is 59.8 Å². The molecule has 0 radical (unpaired) electrons. The smallest absolute Gasteiger partial charge is 0.0985 e. The Morgan fingerprint density at radius 3 is 2.10 bits per heavy atom. The van der Waals surface area contributed by atoms with Crippen molar-refractivity contribution < 1.29 is 5.11 Å². The Hall–Kier alpha value is -1.32.